The second-order valence-corrected chi connectivity index (χ2v) is 7.65. The first kappa shape index (κ1) is 21.3. The van der Waals surface area contributed by atoms with Crippen LogP contribution >= 0.6 is 0 Å². The fourth-order valence-electron chi connectivity index (χ4n) is 3.46. The second-order valence-electron chi connectivity index (χ2n) is 7.65. The lowest BCUT2D eigenvalue weighted by atomic mass is 10.0. The molecule has 0 fully saturated rings. The number of anilines is 1. The number of unbranched alkanes of at least 4 members (excludes halogenated alkanes) is 9. The van der Waals surface area contributed by atoms with Crippen LogP contribution < -0.4 is 5.32 Å². The van der Waals surface area contributed by atoms with E-state index in [1.54, 1.807) is 12.1 Å². The molecule has 27 heavy (non-hydrogen) atoms. The Labute approximate surface area is 166 Å². The van der Waals surface area contributed by atoms with Crippen LogP contribution in [0.4, 0.5) is 5.69 Å². The van der Waals surface area contributed by atoms with Gasteiger partial charge in [-0.1, -0.05) is 95.0 Å². The van der Waals surface area contributed by atoms with Crippen LogP contribution in [-0.4, -0.2) is 5.11 Å². The highest BCUT2D eigenvalue weighted by Crippen LogP contribution is 2.17. The highest BCUT2D eigenvalue weighted by atomic mass is 16.3. The molecule has 2 rings (SSSR count). The standard InChI is InChI=1S/C25H37NO/c1-2-3-4-5-6-7-8-9-10-11-13-22-16-18-23(19-17-22)21-26-24-14-12-15-25(27)20-24/h12,14-20,26-27H,2-11,13,21H2,1H3. The van der Waals surface area contributed by atoms with Gasteiger partial charge in [0.15, 0.2) is 0 Å². The Hall–Kier alpha value is -1.96. The van der Waals surface area contributed by atoms with Crippen molar-refractivity contribution in [1.29, 1.82) is 0 Å². The number of aromatic hydroxyl groups is 1. The SMILES string of the molecule is CCCCCCCCCCCCc1ccc(CNc2cccc(O)c2)cc1. The Morgan fingerprint density at radius 2 is 1.30 bits per heavy atom. The van der Waals surface area contributed by atoms with Crippen molar-refractivity contribution >= 4 is 5.69 Å². The number of hydrogen-bond acceptors (Lipinski definition) is 2. The quantitative estimate of drug-likeness (QED) is 0.339. The van der Waals surface area contributed by atoms with E-state index >= 15 is 0 Å². The van der Waals surface area contributed by atoms with Crippen LogP contribution in [0, 0.1) is 0 Å². The molecule has 0 saturated heterocycles. The van der Waals surface area contributed by atoms with Crippen LogP contribution in [0.3, 0.4) is 0 Å². The van der Waals surface area contributed by atoms with Crippen LogP contribution in [0.25, 0.3) is 0 Å². The van der Waals surface area contributed by atoms with Gasteiger partial charge in [-0.25, -0.2) is 0 Å². The zero-order chi connectivity index (χ0) is 19.2. The van der Waals surface area contributed by atoms with Crippen molar-refractivity contribution in [2.45, 2.75) is 84.1 Å². The number of hydrogen-bond donors (Lipinski definition) is 2. The maximum Gasteiger partial charge on any atom is 0.117 e. The summed E-state index contributed by atoms with van der Waals surface area (Å²) in [6.07, 6.45) is 15.1. The van der Waals surface area contributed by atoms with E-state index in [-0.39, 0.29) is 0 Å². The largest absolute Gasteiger partial charge is 0.508 e. The van der Waals surface area contributed by atoms with Gasteiger partial charge in [0.1, 0.15) is 5.75 Å². The van der Waals surface area contributed by atoms with Gasteiger partial charge in [0.2, 0.25) is 0 Å². The van der Waals surface area contributed by atoms with Crippen molar-refractivity contribution in [3.63, 3.8) is 0 Å². The molecule has 2 N–H and O–H groups in total. The third-order valence-corrected chi connectivity index (χ3v) is 5.18. The summed E-state index contributed by atoms with van der Waals surface area (Å²) in [4.78, 5) is 0. The highest BCUT2D eigenvalue weighted by molar-refractivity contribution is 5.48. The molecule has 0 aromatic heterocycles. The average molecular weight is 368 g/mol. The van der Waals surface area contributed by atoms with E-state index in [1.165, 1.54) is 81.8 Å². The molecule has 0 amide bonds. The molecule has 0 aliphatic carbocycles. The topological polar surface area (TPSA) is 32.3 Å². The van der Waals surface area contributed by atoms with Crippen LogP contribution in [0.2, 0.25) is 0 Å². The van der Waals surface area contributed by atoms with Gasteiger partial charge in [-0.15, -0.1) is 0 Å². The minimum Gasteiger partial charge on any atom is -0.508 e. The zero-order valence-electron chi connectivity index (χ0n) is 17.1. The van der Waals surface area contributed by atoms with Gasteiger partial charge in [0.05, 0.1) is 0 Å². The number of nitrogens with one attached hydrogen (secondary N) is 1. The van der Waals surface area contributed by atoms with Crippen molar-refractivity contribution in [3.8, 4) is 5.75 Å². The molecule has 0 aliphatic heterocycles. The van der Waals surface area contributed by atoms with Gasteiger partial charge in [0, 0.05) is 18.3 Å². The maximum absolute atomic E-state index is 9.50. The predicted octanol–water partition coefficient (Wildman–Crippen LogP) is 7.47. The molecule has 0 bridgehead atoms. The number of phenolic OH excluding ortho intramolecular Hbond substituents is 1. The summed E-state index contributed by atoms with van der Waals surface area (Å²) in [5, 5.41) is 12.8. The Morgan fingerprint density at radius 1 is 0.704 bits per heavy atom. The number of aryl methyl sites for hydroxylation is 1. The van der Waals surface area contributed by atoms with E-state index < -0.39 is 0 Å². The van der Waals surface area contributed by atoms with E-state index in [1.807, 2.05) is 12.1 Å². The molecular formula is C25H37NO. The van der Waals surface area contributed by atoms with Crippen LogP contribution in [0.1, 0.15) is 82.3 Å². The fourth-order valence-corrected chi connectivity index (χ4v) is 3.46. The van der Waals surface area contributed by atoms with Crippen LogP contribution in [-0.2, 0) is 13.0 Å². The molecular weight excluding hydrogens is 330 g/mol. The van der Waals surface area contributed by atoms with Crippen molar-refractivity contribution in [1.82, 2.24) is 0 Å². The lowest BCUT2D eigenvalue weighted by molar-refractivity contribution is 0.475. The average Bonchev–Trinajstić information content (AvgIpc) is 2.69. The van der Waals surface area contributed by atoms with E-state index in [4.69, 9.17) is 0 Å². The zero-order valence-corrected chi connectivity index (χ0v) is 17.1. The van der Waals surface area contributed by atoms with Crippen molar-refractivity contribution in [2.75, 3.05) is 5.32 Å². The minimum absolute atomic E-state index is 0.298. The minimum atomic E-state index is 0.298. The van der Waals surface area contributed by atoms with Crippen molar-refractivity contribution in [2.24, 2.45) is 0 Å². The Bertz CT molecular complexity index is 620. The first-order valence-corrected chi connectivity index (χ1v) is 10.9. The molecule has 0 unspecified atom stereocenters. The smallest absolute Gasteiger partial charge is 0.117 e. The Kier molecular flexibility index (Phi) is 10.5. The first-order chi connectivity index (χ1) is 13.3. The summed E-state index contributed by atoms with van der Waals surface area (Å²) in [6, 6.07) is 16.2. The van der Waals surface area contributed by atoms with E-state index in [0.717, 1.165) is 12.2 Å². The van der Waals surface area contributed by atoms with Crippen LogP contribution in [0.5, 0.6) is 5.75 Å². The lowest BCUT2D eigenvalue weighted by Gasteiger charge is -2.08. The lowest BCUT2D eigenvalue weighted by Crippen LogP contribution is -1.99. The Morgan fingerprint density at radius 3 is 1.93 bits per heavy atom. The first-order valence-electron chi connectivity index (χ1n) is 10.9. The molecule has 2 aromatic carbocycles. The van der Waals surface area contributed by atoms with E-state index in [9.17, 15) is 5.11 Å². The molecule has 2 aromatic rings. The van der Waals surface area contributed by atoms with Gasteiger partial charge in [-0.2, -0.15) is 0 Å². The molecule has 0 heterocycles. The summed E-state index contributed by atoms with van der Waals surface area (Å²) in [5.74, 6) is 0.298. The second kappa shape index (κ2) is 13.2. The fraction of sp³-hybridized carbons (Fsp3) is 0.520. The molecule has 148 valence electrons. The van der Waals surface area contributed by atoms with Gasteiger partial charge in [0.25, 0.3) is 0 Å². The summed E-state index contributed by atoms with van der Waals surface area (Å²) < 4.78 is 0. The molecule has 0 radical (unpaired) electrons. The normalized spacial score (nSPS) is 10.9. The summed E-state index contributed by atoms with van der Waals surface area (Å²) in [7, 11) is 0. The van der Waals surface area contributed by atoms with E-state index in [2.05, 4.69) is 36.5 Å². The number of benzene rings is 2. The molecule has 0 saturated carbocycles. The highest BCUT2D eigenvalue weighted by Gasteiger charge is 1.98. The molecule has 2 heteroatoms. The van der Waals surface area contributed by atoms with Crippen molar-refractivity contribution < 1.29 is 5.11 Å². The monoisotopic (exact) mass is 367 g/mol. The van der Waals surface area contributed by atoms with Gasteiger partial charge < -0.3 is 10.4 Å². The third-order valence-electron chi connectivity index (χ3n) is 5.18. The number of rotatable bonds is 14. The summed E-state index contributed by atoms with van der Waals surface area (Å²) >= 11 is 0. The maximum atomic E-state index is 9.50. The summed E-state index contributed by atoms with van der Waals surface area (Å²) in [5.41, 5.74) is 3.66. The van der Waals surface area contributed by atoms with Crippen molar-refractivity contribution in [3.05, 3.63) is 59.7 Å². The molecule has 2 nitrogen and oxygen atoms in total. The predicted molar refractivity (Wildman–Crippen MR) is 117 cm³/mol. The number of phenols is 1. The van der Waals surface area contributed by atoms with Gasteiger partial charge in [-0.05, 0) is 36.1 Å². The van der Waals surface area contributed by atoms with Gasteiger partial charge >= 0.3 is 0 Å². The third kappa shape index (κ3) is 9.51. The summed E-state index contributed by atoms with van der Waals surface area (Å²) in [6.45, 7) is 3.06. The van der Waals surface area contributed by atoms with Crippen LogP contribution in [0.15, 0.2) is 48.5 Å². The van der Waals surface area contributed by atoms with Gasteiger partial charge in [-0.3, -0.25) is 0 Å². The van der Waals surface area contributed by atoms with E-state index in [0.29, 0.717) is 5.75 Å². The molecule has 0 atom stereocenters. The Balaban J connectivity index is 1.54. The molecule has 0 aliphatic rings. The molecule has 0 spiro atoms.